The lowest BCUT2D eigenvalue weighted by atomic mass is 10.1. The molecule has 3 N–H and O–H groups in total. The molecule has 7 nitrogen and oxygen atoms in total. The predicted octanol–water partition coefficient (Wildman–Crippen LogP) is 0.0404. The van der Waals surface area contributed by atoms with Crippen LogP contribution in [0.5, 0.6) is 5.75 Å². The van der Waals surface area contributed by atoms with Gasteiger partial charge in [-0.05, 0) is 18.2 Å². The molecule has 126 valence electrons. The highest BCUT2D eigenvalue weighted by Crippen LogP contribution is 2.15. The Balaban J connectivity index is 1.88. The monoisotopic (exact) mass is 321 g/mol. The van der Waals surface area contributed by atoms with Gasteiger partial charge in [-0.3, -0.25) is 9.59 Å². The molecule has 0 aliphatic carbocycles. The molecule has 0 aromatic heterocycles. The normalized spacial score (nSPS) is 16.3. The summed E-state index contributed by atoms with van der Waals surface area (Å²) in [7, 11) is 1.54. The third-order valence-corrected chi connectivity index (χ3v) is 4.01. The number of hydrogen-bond acceptors (Lipinski definition) is 5. The van der Waals surface area contributed by atoms with Gasteiger partial charge in [0.2, 0.25) is 5.91 Å². The van der Waals surface area contributed by atoms with Crippen molar-refractivity contribution in [3.63, 3.8) is 0 Å². The molecule has 7 heteroatoms. The molecular weight excluding hydrogens is 298 g/mol. The summed E-state index contributed by atoms with van der Waals surface area (Å²) in [6.45, 7) is 2.23. The molecule has 0 saturated carbocycles. The topological polar surface area (TPSA) is 96.1 Å². The predicted molar refractivity (Wildman–Crippen MR) is 85.1 cm³/mol. The second-order valence-corrected chi connectivity index (χ2v) is 5.52. The van der Waals surface area contributed by atoms with Gasteiger partial charge in [0, 0.05) is 45.4 Å². The van der Waals surface area contributed by atoms with Crippen LogP contribution in [0.3, 0.4) is 0 Å². The van der Waals surface area contributed by atoms with Crippen LogP contribution < -0.4 is 5.73 Å². The van der Waals surface area contributed by atoms with Crippen molar-refractivity contribution in [2.75, 3.05) is 39.8 Å². The number of hydrogen-bond donors (Lipinski definition) is 2. The number of aromatic hydroxyl groups is 1. The van der Waals surface area contributed by atoms with Gasteiger partial charge in [0.25, 0.3) is 5.91 Å². The number of ether oxygens (including phenoxy) is 1. The molecule has 1 aliphatic rings. The van der Waals surface area contributed by atoms with Gasteiger partial charge >= 0.3 is 0 Å². The van der Waals surface area contributed by atoms with Gasteiger partial charge in [-0.25, -0.2) is 0 Å². The highest BCUT2D eigenvalue weighted by Gasteiger charge is 2.26. The van der Waals surface area contributed by atoms with Crippen LogP contribution in [0.25, 0.3) is 0 Å². The maximum atomic E-state index is 12.4. The molecule has 1 aromatic rings. The standard InChI is InChI=1S/C16H23N3O4/c1-23-14(11-17)10-15(21)18-5-7-19(8-6-18)16(22)12-3-2-4-13(20)9-12/h2-4,9,14,20H,5-8,10-11,17H2,1H3. The van der Waals surface area contributed by atoms with Crippen molar-refractivity contribution in [2.45, 2.75) is 12.5 Å². The van der Waals surface area contributed by atoms with Gasteiger partial charge in [0.05, 0.1) is 12.5 Å². The summed E-state index contributed by atoms with van der Waals surface area (Å²) in [6.07, 6.45) is -0.0116. The third-order valence-electron chi connectivity index (χ3n) is 4.01. The number of methoxy groups -OCH3 is 1. The van der Waals surface area contributed by atoms with Gasteiger partial charge in [-0.15, -0.1) is 0 Å². The van der Waals surface area contributed by atoms with Gasteiger partial charge in [0.15, 0.2) is 0 Å². The van der Waals surface area contributed by atoms with Gasteiger partial charge in [0.1, 0.15) is 5.75 Å². The molecule has 0 bridgehead atoms. The maximum absolute atomic E-state index is 12.4. The van der Waals surface area contributed by atoms with E-state index in [1.807, 2.05) is 0 Å². The van der Waals surface area contributed by atoms with E-state index in [0.717, 1.165) is 0 Å². The molecule has 1 heterocycles. The molecule has 0 spiro atoms. The second kappa shape index (κ2) is 7.94. The van der Waals surface area contributed by atoms with E-state index >= 15 is 0 Å². The lowest BCUT2D eigenvalue weighted by Gasteiger charge is -2.35. The number of amides is 2. The Morgan fingerprint density at radius 3 is 2.48 bits per heavy atom. The summed E-state index contributed by atoms with van der Waals surface area (Å²) >= 11 is 0. The van der Waals surface area contributed by atoms with Gasteiger partial charge in [-0.2, -0.15) is 0 Å². The van der Waals surface area contributed by atoms with E-state index in [-0.39, 0.29) is 30.1 Å². The highest BCUT2D eigenvalue weighted by molar-refractivity contribution is 5.94. The number of rotatable bonds is 5. The minimum absolute atomic E-state index is 0.00763. The Labute approximate surface area is 135 Å². The molecule has 1 unspecified atom stereocenters. The van der Waals surface area contributed by atoms with E-state index in [1.165, 1.54) is 19.2 Å². The lowest BCUT2D eigenvalue weighted by Crippen LogP contribution is -2.51. The molecular formula is C16H23N3O4. The van der Waals surface area contributed by atoms with Crippen LogP contribution in [0.15, 0.2) is 24.3 Å². The van der Waals surface area contributed by atoms with Crippen molar-refractivity contribution in [1.29, 1.82) is 0 Å². The van der Waals surface area contributed by atoms with E-state index in [9.17, 15) is 14.7 Å². The van der Waals surface area contributed by atoms with Crippen molar-refractivity contribution in [3.8, 4) is 5.75 Å². The summed E-state index contributed by atoms with van der Waals surface area (Å²) in [5.41, 5.74) is 5.98. The largest absolute Gasteiger partial charge is 0.508 e. The van der Waals surface area contributed by atoms with E-state index < -0.39 is 0 Å². The molecule has 1 atom stereocenters. The molecule has 1 fully saturated rings. The van der Waals surface area contributed by atoms with Crippen LogP contribution in [0.4, 0.5) is 0 Å². The first-order valence-electron chi connectivity index (χ1n) is 7.64. The second-order valence-electron chi connectivity index (χ2n) is 5.52. The number of phenolic OH excluding ortho intramolecular Hbond substituents is 1. The van der Waals surface area contributed by atoms with Gasteiger partial charge < -0.3 is 25.4 Å². The maximum Gasteiger partial charge on any atom is 0.254 e. The molecule has 0 radical (unpaired) electrons. The first kappa shape index (κ1) is 17.2. The smallest absolute Gasteiger partial charge is 0.254 e. The Hall–Kier alpha value is -2.12. The Kier molecular flexibility index (Phi) is 5.95. The van der Waals surface area contributed by atoms with Crippen LogP contribution in [-0.4, -0.2) is 72.7 Å². The number of piperazine rings is 1. The summed E-state index contributed by atoms with van der Waals surface area (Å²) in [5, 5.41) is 9.46. The zero-order valence-electron chi connectivity index (χ0n) is 13.3. The van der Waals surface area contributed by atoms with Crippen LogP contribution in [0, 0.1) is 0 Å². The summed E-state index contributed by atoms with van der Waals surface area (Å²) < 4.78 is 5.13. The van der Waals surface area contributed by atoms with Gasteiger partial charge in [-0.1, -0.05) is 6.07 Å². The SMILES string of the molecule is COC(CN)CC(=O)N1CCN(C(=O)c2cccc(O)c2)CC1. The Bertz CT molecular complexity index is 552. The lowest BCUT2D eigenvalue weighted by molar-refractivity contribution is -0.135. The Morgan fingerprint density at radius 1 is 1.26 bits per heavy atom. The molecule has 2 amide bonds. The van der Waals surface area contributed by atoms with E-state index in [2.05, 4.69) is 0 Å². The van der Waals surface area contributed by atoms with E-state index in [0.29, 0.717) is 38.3 Å². The highest BCUT2D eigenvalue weighted by atomic mass is 16.5. The molecule has 1 aromatic carbocycles. The van der Waals surface area contributed by atoms with Crippen molar-refractivity contribution in [3.05, 3.63) is 29.8 Å². The van der Waals surface area contributed by atoms with E-state index in [1.54, 1.807) is 21.9 Å². The number of carbonyl (C=O) groups is 2. The zero-order chi connectivity index (χ0) is 16.8. The minimum atomic E-state index is -0.269. The van der Waals surface area contributed by atoms with E-state index in [4.69, 9.17) is 10.5 Å². The molecule has 1 saturated heterocycles. The van der Waals surface area contributed by atoms with Crippen molar-refractivity contribution in [1.82, 2.24) is 9.80 Å². The number of carbonyl (C=O) groups excluding carboxylic acids is 2. The van der Waals surface area contributed by atoms with Crippen LogP contribution in [0.2, 0.25) is 0 Å². The van der Waals surface area contributed by atoms with Crippen molar-refractivity contribution >= 4 is 11.8 Å². The molecule has 23 heavy (non-hydrogen) atoms. The Morgan fingerprint density at radius 2 is 1.91 bits per heavy atom. The van der Waals surface area contributed by atoms with Crippen molar-refractivity contribution in [2.24, 2.45) is 5.73 Å². The van der Waals surface area contributed by atoms with Crippen LogP contribution in [-0.2, 0) is 9.53 Å². The average molecular weight is 321 g/mol. The number of nitrogens with zero attached hydrogens (tertiary/aromatic N) is 2. The minimum Gasteiger partial charge on any atom is -0.508 e. The van der Waals surface area contributed by atoms with Crippen LogP contribution in [0.1, 0.15) is 16.8 Å². The number of nitrogens with two attached hydrogens (primary N) is 1. The first-order chi connectivity index (χ1) is 11.0. The summed E-state index contributed by atoms with van der Waals surface area (Å²) in [6, 6.07) is 6.28. The van der Waals surface area contributed by atoms with Crippen LogP contribution >= 0.6 is 0 Å². The fourth-order valence-electron chi connectivity index (χ4n) is 2.57. The fourth-order valence-corrected chi connectivity index (χ4v) is 2.57. The number of phenols is 1. The fraction of sp³-hybridized carbons (Fsp3) is 0.500. The average Bonchev–Trinajstić information content (AvgIpc) is 2.59. The summed E-state index contributed by atoms with van der Waals surface area (Å²) in [4.78, 5) is 28.0. The molecule has 2 rings (SSSR count). The number of benzene rings is 1. The first-order valence-corrected chi connectivity index (χ1v) is 7.64. The summed E-state index contributed by atoms with van der Waals surface area (Å²) in [5.74, 6) is -0.0754. The third kappa shape index (κ3) is 4.43. The molecule has 1 aliphatic heterocycles. The van der Waals surface area contributed by atoms with Crippen molar-refractivity contribution < 1.29 is 19.4 Å². The quantitative estimate of drug-likeness (QED) is 0.798. The zero-order valence-corrected chi connectivity index (χ0v) is 13.3.